The number of carbonyl (C=O) groups is 4. The molecule has 0 unspecified atom stereocenters. The summed E-state index contributed by atoms with van der Waals surface area (Å²) >= 11 is 5.42. The first-order valence-corrected chi connectivity index (χ1v) is 13.7. The average molecular weight is 554 g/mol. The molecule has 202 valence electrons. The van der Waals surface area contributed by atoms with Gasteiger partial charge in [0.2, 0.25) is 11.0 Å². The standard InChI is InChI=1S/C30H27N5O4S/c36-25-19-26(37)35(29(40)33(25)21-9-3-1-4-10-21)32-27(38)20-13-15-22(16-14-20)34-28(39)23-11-5-6-12-24(23)31-30(34)17-7-2-8-18-30/h1,3-6,9-16,31H,2,7-8,17-19H2,(H,32,38). The number of para-hydroxylation sites is 2. The molecule has 40 heavy (non-hydrogen) atoms. The molecule has 1 aliphatic carbocycles. The topological polar surface area (TPSA) is 102 Å². The van der Waals surface area contributed by atoms with E-state index in [0.29, 0.717) is 16.9 Å². The first-order chi connectivity index (χ1) is 19.4. The molecule has 0 bridgehead atoms. The van der Waals surface area contributed by atoms with Crippen molar-refractivity contribution in [2.45, 2.75) is 44.2 Å². The Kier molecular flexibility index (Phi) is 6.55. The van der Waals surface area contributed by atoms with Gasteiger partial charge in [0.15, 0.2) is 0 Å². The molecule has 2 heterocycles. The van der Waals surface area contributed by atoms with Crippen molar-refractivity contribution in [1.82, 2.24) is 10.4 Å². The van der Waals surface area contributed by atoms with Gasteiger partial charge in [-0.1, -0.05) is 36.8 Å². The highest BCUT2D eigenvalue weighted by molar-refractivity contribution is 7.80. The number of amides is 4. The second kappa shape index (κ2) is 10.2. The van der Waals surface area contributed by atoms with Gasteiger partial charge in [-0.25, -0.2) is 0 Å². The maximum Gasteiger partial charge on any atom is 0.270 e. The van der Waals surface area contributed by atoms with Crippen LogP contribution in [0, 0.1) is 0 Å². The van der Waals surface area contributed by atoms with Crippen LogP contribution in [0.15, 0.2) is 78.9 Å². The second-order valence-corrected chi connectivity index (χ2v) is 10.5. The number of nitrogens with zero attached hydrogens (tertiary/aromatic N) is 3. The lowest BCUT2D eigenvalue weighted by molar-refractivity contribution is -0.135. The monoisotopic (exact) mass is 553 g/mol. The van der Waals surface area contributed by atoms with E-state index in [0.717, 1.165) is 42.8 Å². The number of hydrogen-bond acceptors (Lipinski definition) is 6. The van der Waals surface area contributed by atoms with Crippen LogP contribution in [-0.2, 0) is 9.59 Å². The van der Waals surface area contributed by atoms with Crippen LogP contribution >= 0.6 is 12.2 Å². The lowest BCUT2D eigenvalue weighted by Crippen LogP contribution is -2.61. The molecule has 2 aliphatic heterocycles. The molecule has 3 aromatic carbocycles. The highest BCUT2D eigenvalue weighted by atomic mass is 32.1. The minimum absolute atomic E-state index is 0.0802. The number of thiocarbonyl (C=S) groups is 1. The summed E-state index contributed by atoms with van der Waals surface area (Å²) in [6, 6.07) is 23.0. The molecule has 0 radical (unpaired) electrons. The van der Waals surface area contributed by atoms with E-state index in [-0.39, 0.29) is 16.6 Å². The van der Waals surface area contributed by atoms with Crippen LogP contribution in [0.2, 0.25) is 0 Å². The maximum atomic E-state index is 13.7. The van der Waals surface area contributed by atoms with Crippen LogP contribution < -0.4 is 20.5 Å². The number of carbonyl (C=O) groups excluding carboxylic acids is 4. The van der Waals surface area contributed by atoms with Crippen molar-refractivity contribution in [2.75, 3.05) is 15.1 Å². The molecule has 3 aromatic rings. The van der Waals surface area contributed by atoms with E-state index in [1.165, 1.54) is 4.90 Å². The number of hydrazine groups is 1. The zero-order chi connectivity index (χ0) is 27.9. The Bertz CT molecular complexity index is 1520. The predicted molar refractivity (Wildman–Crippen MR) is 155 cm³/mol. The quantitative estimate of drug-likeness (QED) is 0.361. The fraction of sp³-hybridized carbons (Fsp3) is 0.233. The van der Waals surface area contributed by atoms with Crippen molar-refractivity contribution in [1.29, 1.82) is 0 Å². The van der Waals surface area contributed by atoms with Crippen molar-refractivity contribution >= 4 is 58.0 Å². The van der Waals surface area contributed by atoms with Gasteiger partial charge in [-0.3, -0.25) is 34.4 Å². The summed E-state index contributed by atoms with van der Waals surface area (Å²) in [5, 5.41) is 4.46. The molecule has 2 N–H and O–H groups in total. The summed E-state index contributed by atoms with van der Waals surface area (Å²) in [6.45, 7) is 0. The van der Waals surface area contributed by atoms with Gasteiger partial charge in [0.25, 0.3) is 17.7 Å². The Morgan fingerprint density at radius 3 is 2.20 bits per heavy atom. The fourth-order valence-electron chi connectivity index (χ4n) is 5.72. The lowest BCUT2D eigenvalue weighted by atomic mass is 9.84. The Hall–Kier alpha value is -4.57. The normalized spacial score (nSPS) is 18.4. The molecule has 9 nitrogen and oxygen atoms in total. The van der Waals surface area contributed by atoms with Crippen LogP contribution in [0.3, 0.4) is 0 Å². The van der Waals surface area contributed by atoms with Crippen LogP contribution in [0.5, 0.6) is 0 Å². The van der Waals surface area contributed by atoms with Gasteiger partial charge in [0.05, 0.1) is 11.3 Å². The average Bonchev–Trinajstić information content (AvgIpc) is 2.96. The lowest BCUT2D eigenvalue weighted by Gasteiger charge is -2.50. The molecule has 1 saturated heterocycles. The van der Waals surface area contributed by atoms with E-state index in [9.17, 15) is 19.2 Å². The van der Waals surface area contributed by atoms with Crippen molar-refractivity contribution < 1.29 is 19.2 Å². The summed E-state index contributed by atoms with van der Waals surface area (Å²) in [5.74, 6) is -1.72. The Labute approximate surface area is 236 Å². The summed E-state index contributed by atoms with van der Waals surface area (Å²) in [7, 11) is 0. The van der Waals surface area contributed by atoms with Crippen LogP contribution in [-0.4, -0.2) is 39.4 Å². The van der Waals surface area contributed by atoms with Gasteiger partial charge < -0.3 is 5.32 Å². The van der Waals surface area contributed by atoms with E-state index in [4.69, 9.17) is 12.2 Å². The number of fused-ring (bicyclic) bond motifs is 1. The van der Waals surface area contributed by atoms with Crippen molar-refractivity contribution in [3.8, 4) is 0 Å². The number of benzene rings is 3. The highest BCUT2D eigenvalue weighted by Crippen LogP contribution is 2.42. The first-order valence-electron chi connectivity index (χ1n) is 13.3. The smallest absolute Gasteiger partial charge is 0.270 e. The van der Waals surface area contributed by atoms with Crippen LogP contribution in [0.1, 0.15) is 59.2 Å². The molecule has 1 saturated carbocycles. The van der Waals surface area contributed by atoms with Crippen molar-refractivity contribution in [3.63, 3.8) is 0 Å². The molecule has 0 aromatic heterocycles. The first kappa shape index (κ1) is 25.7. The molecule has 0 atom stereocenters. The van der Waals surface area contributed by atoms with E-state index < -0.39 is 29.8 Å². The third-order valence-corrected chi connectivity index (χ3v) is 8.00. The maximum absolute atomic E-state index is 13.7. The van der Waals surface area contributed by atoms with Gasteiger partial charge in [-0.2, -0.15) is 5.01 Å². The Morgan fingerprint density at radius 1 is 0.800 bits per heavy atom. The Morgan fingerprint density at radius 2 is 1.48 bits per heavy atom. The number of anilines is 3. The Balaban J connectivity index is 1.24. The molecule has 4 amide bonds. The largest absolute Gasteiger partial charge is 0.362 e. The molecular weight excluding hydrogens is 526 g/mol. The van der Waals surface area contributed by atoms with E-state index in [1.807, 2.05) is 29.2 Å². The van der Waals surface area contributed by atoms with Crippen molar-refractivity contribution in [3.05, 3.63) is 90.0 Å². The van der Waals surface area contributed by atoms with E-state index in [2.05, 4.69) is 10.7 Å². The number of hydrogen-bond donors (Lipinski definition) is 2. The highest BCUT2D eigenvalue weighted by Gasteiger charge is 2.46. The van der Waals surface area contributed by atoms with E-state index >= 15 is 0 Å². The minimum Gasteiger partial charge on any atom is -0.362 e. The number of rotatable bonds is 4. The molecule has 3 aliphatic rings. The summed E-state index contributed by atoms with van der Waals surface area (Å²) in [6.07, 6.45) is 4.34. The zero-order valence-corrected chi connectivity index (χ0v) is 22.4. The molecule has 2 fully saturated rings. The fourth-order valence-corrected chi connectivity index (χ4v) is 6.07. The number of nitrogens with one attached hydrogen (secondary N) is 2. The van der Waals surface area contributed by atoms with Gasteiger partial charge in [0.1, 0.15) is 12.1 Å². The SMILES string of the molecule is O=C(NN1C(=O)CC(=O)N(c2ccccc2)C1=S)c1ccc(N2C(=O)c3ccccc3NC23CCCCC3)cc1. The molecule has 6 rings (SSSR count). The van der Waals surface area contributed by atoms with Gasteiger partial charge in [-0.05, 0) is 86.4 Å². The van der Waals surface area contributed by atoms with Gasteiger partial charge in [0, 0.05) is 16.9 Å². The van der Waals surface area contributed by atoms with Crippen LogP contribution in [0.4, 0.5) is 17.1 Å². The molecule has 10 heteroatoms. The van der Waals surface area contributed by atoms with Gasteiger partial charge >= 0.3 is 0 Å². The summed E-state index contributed by atoms with van der Waals surface area (Å²) < 4.78 is 0. The summed E-state index contributed by atoms with van der Waals surface area (Å²) in [4.78, 5) is 55.2. The second-order valence-electron chi connectivity index (χ2n) is 10.1. The molecule has 1 spiro atoms. The van der Waals surface area contributed by atoms with Crippen molar-refractivity contribution in [2.24, 2.45) is 0 Å². The predicted octanol–water partition coefficient (Wildman–Crippen LogP) is 4.61. The zero-order valence-electron chi connectivity index (χ0n) is 21.6. The van der Waals surface area contributed by atoms with Crippen LogP contribution in [0.25, 0.3) is 0 Å². The third-order valence-electron chi connectivity index (χ3n) is 7.64. The minimum atomic E-state index is -0.616. The molecular formula is C30H27N5O4S. The van der Waals surface area contributed by atoms with Gasteiger partial charge in [-0.15, -0.1) is 0 Å². The third kappa shape index (κ3) is 4.40. The van der Waals surface area contributed by atoms with E-state index in [1.54, 1.807) is 54.6 Å². The summed E-state index contributed by atoms with van der Waals surface area (Å²) in [5.41, 5.74) is 4.92.